The molecule has 0 heterocycles. The van der Waals surface area contributed by atoms with Gasteiger partial charge in [-0.25, -0.2) is 0 Å². The molecular formula is C17H34S. The minimum Gasteiger partial charge on any atom is -0.183 e. The fraction of sp³-hybridized carbons (Fsp3) is 0.647. The Bertz CT molecular complexity index is 192. The average molecular weight is 271 g/mol. The van der Waals surface area contributed by atoms with Crippen LogP contribution in [-0.2, 0) is 0 Å². The van der Waals surface area contributed by atoms with Gasteiger partial charge in [0.05, 0.1) is 0 Å². The first-order valence-corrected chi connectivity index (χ1v) is 7.98. The first-order chi connectivity index (χ1) is 8.69. The highest BCUT2D eigenvalue weighted by molar-refractivity contribution is 7.79. The number of allylic oxidation sites excluding steroid dienone is 5. The molecule has 1 aliphatic rings. The Kier molecular flexibility index (Phi) is 27.5. The van der Waals surface area contributed by atoms with Gasteiger partial charge >= 0.3 is 0 Å². The molecule has 0 saturated carbocycles. The predicted octanol–water partition coefficient (Wildman–Crippen LogP) is 6.61. The summed E-state index contributed by atoms with van der Waals surface area (Å²) in [7, 11) is 0. The Morgan fingerprint density at radius 2 is 1.22 bits per heavy atom. The lowest BCUT2D eigenvalue weighted by Gasteiger charge is -2.11. The molecule has 0 aromatic heterocycles. The summed E-state index contributed by atoms with van der Waals surface area (Å²) in [5.74, 6) is 0. The highest BCUT2D eigenvalue weighted by atomic mass is 32.1. The van der Waals surface area contributed by atoms with Crippen molar-refractivity contribution >= 4 is 12.6 Å². The molecule has 0 spiro atoms. The fourth-order valence-electron chi connectivity index (χ4n) is 1.31. The first-order valence-electron chi connectivity index (χ1n) is 7.09. The molecule has 0 saturated heterocycles. The molecule has 0 atom stereocenters. The van der Waals surface area contributed by atoms with Crippen LogP contribution >= 0.6 is 12.6 Å². The maximum Gasteiger partial charge on any atom is -0.0215 e. The molecule has 0 aromatic rings. The molecule has 0 amide bonds. The second-order valence-electron chi connectivity index (χ2n) is 3.97. The van der Waals surface area contributed by atoms with Crippen LogP contribution in [0, 0.1) is 0 Å². The van der Waals surface area contributed by atoms with E-state index in [1.807, 2.05) is 6.92 Å². The van der Waals surface area contributed by atoms with E-state index in [9.17, 15) is 0 Å². The topological polar surface area (TPSA) is 0 Å². The summed E-state index contributed by atoms with van der Waals surface area (Å²) in [5, 5.41) is 0. The summed E-state index contributed by atoms with van der Waals surface area (Å²) in [5.41, 5.74) is 3.22. The summed E-state index contributed by atoms with van der Waals surface area (Å²) in [4.78, 5) is 0. The predicted molar refractivity (Wildman–Crippen MR) is 92.7 cm³/mol. The van der Waals surface area contributed by atoms with Crippen molar-refractivity contribution in [2.24, 2.45) is 0 Å². The van der Waals surface area contributed by atoms with E-state index in [0.29, 0.717) is 0 Å². The van der Waals surface area contributed by atoms with Crippen molar-refractivity contribution < 1.29 is 0 Å². The van der Waals surface area contributed by atoms with Gasteiger partial charge in [0.1, 0.15) is 0 Å². The molecule has 1 heteroatoms. The summed E-state index contributed by atoms with van der Waals surface area (Å²) >= 11 is 3.53. The highest BCUT2D eigenvalue weighted by Gasteiger charge is 2.01. The van der Waals surface area contributed by atoms with Gasteiger partial charge in [-0.2, -0.15) is 12.6 Å². The summed E-state index contributed by atoms with van der Waals surface area (Å²) in [6, 6.07) is 0. The van der Waals surface area contributed by atoms with Crippen molar-refractivity contribution in [2.75, 3.05) is 6.26 Å². The zero-order valence-corrected chi connectivity index (χ0v) is 14.3. The normalized spacial score (nSPS) is 12.2. The molecule has 18 heavy (non-hydrogen) atoms. The van der Waals surface area contributed by atoms with Crippen molar-refractivity contribution in [2.45, 2.75) is 66.7 Å². The summed E-state index contributed by atoms with van der Waals surface area (Å²) in [6.07, 6.45) is 14.3. The Morgan fingerprint density at radius 3 is 1.33 bits per heavy atom. The number of thiol groups is 1. The van der Waals surface area contributed by atoms with E-state index >= 15 is 0 Å². The van der Waals surface area contributed by atoms with Crippen LogP contribution in [0.2, 0.25) is 0 Å². The average Bonchev–Trinajstić information content (AvgIpc) is 2.43. The molecule has 108 valence electrons. The van der Waals surface area contributed by atoms with Crippen molar-refractivity contribution in [3.05, 3.63) is 36.0 Å². The molecule has 1 rings (SSSR count). The van der Waals surface area contributed by atoms with Crippen LogP contribution in [0.1, 0.15) is 66.7 Å². The highest BCUT2D eigenvalue weighted by Crippen LogP contribution is 2.21. The Hall–Kier alpha value is -0.430. The Labute approximate surface area is 122 Å². The zero-order chi connectivity index (χ0) is 14.8. The van der Waals surface area contributed by atoms with Gasteiger partial charge in [0.25, 0.3) is 0 Å². The zero-order valence-electron chi connectivity index (χ0n) is 13.4. The number of rotatable bonds is 2. The Balaban J connectivity index is -0.000000237. The van der Waals surface area contributed by atoms with Gasteiger partial charge in [0, 0.05) is 0 Å². The number of hydrogen-bond donors (Lipinski definition) is 1. The van der Waals surface area contributed by atoms with E-state index < -0.39 is 0 Å². The van der Waals surface area contributed by atoms with Gasteiger partial charge in [0.2, 0.25) is 0 Å². The molecule has 0 bridgehead atoms. The van der Waals surface area contributed by atoms with E-state index in [-0.39, 0.29) is 0 Å². The maximum absolute atomic E-state index is 3.53. The third-order valence-corrected chi connectivity index (χ3v) is 2.23. The molecule has 0 nitrogen and oxygen atoms in total. The second kappa shape index (κ2) is 21.8. The minimum absolute atomic E-state index is 1.23. The van der Waals surface area contributed by atoms with E-state index in [0.717, 1.165) is 0 Å². The molecule has 0 aromatic carbocycles. The van der Waals surface area contributed by atoms with Gasteiger partial charge in [-0.05, 0) is 38.9 Å². The molecule has 0 radical (unpaired) electrons. The van der Waals surface area contributed by atoms with Crippen LogP contribution in [0.3, 0.4) is 0 Å². The van der Waals surface area contributed by atoms with Crippen LogP contribution in [0.5, 0.6) is 0 Å². The molecule has 0 aliphatic heterocycles. The molecule has 0 unspecified atom stereocenters. The van der Waals surface area contributed by atoms with Gasteiger partial charge in [-0.15, -0.1) is 6.58 Å². The van der Waals surface area contributed by atoms with Crippen molar-refractivity contribution in [3.63, 3.8) is 0 Å². The third-order valence-electron chi connectivity index (χ3n) is 2.23. The van der Waals surface area contributed by atoms with Gasteiger partial charge in [0.15, 0.2) is 0 Å². The SMILES string of the molecule is C=CC.CCC.CCC1=CC=C(CC)CC1.CS. The van der Waals surface area contributed by atoms with Crippen LogP contribution < -0.4 is 0 Å². The van der Waals surface area contributed by atoms with E-state index in [1.165, 1.54) is 32.1 Å². The third kappa shape index (κ3) is 17.9. The lowest BCUT2D eigenvalue weighted by Crippen LogP contribution is -1.91. The summed E-state index contributed by atoms with van der Waals surface area (Å²) < 4.78 is 0. The van der Waals surface area contributed by atoms with Crippen LogP contribution in [0.4, 0.5) is 0 Å². The van der Waals surface area contributed by atoms with Crippen LogP contribution in [-0.4, -0.2) is 6.26 Å². The summed E-state index contributed by atoms with van der Waals surface area (Å²) in [6.45, 7) is 14.0. The minimum atomic E-state index is 1.23. The fourth-order valence-corrected chi connectivity index (χ4v) is 1.31. The van der Waals surface area contributed by atoms with E-state index in [2.05, 4.69) is 59.1 Å². The molecule has 1 aliphatic carbocycles. The standard InChI is InChI=1S/C10H16.C3H8.C3H6.CH4S/c1-3-9-5-7-10(4-2)8-6-9;2*1-3-2;1-2/h5,7H,3-4,6,8H2,1-2H3;3H2,1-2H3;3H,1H2,2H3;2H,1H3. The van der Waals surface area contributed by atoms with Crippen LogP contribution in [0.15, 0.2) is 36.0 Å². The molecular weight excluding hydrogens is 236 g/mol. The van der Waals surface area contributed by atoms with Gasteiger partial charge in [-0.1, -0.05) is 63.5 Å². The van der Waals surface area contributed by atoms with Crippen molar-refractivity contribution in [1.82, 2.24) is 0 Å². The maximum atomic E-state index is 3.53. The Morgan fingerprint density at radius 1 is 1.00 bits per heavy atom. The van der Waals surface area contributed by atoms with Gasteiger partial charge in [-0.3, -0.25) is 0 Å². The first kappa shape index (κ1) is 22.7. The molecule has 0 fully saturated rings. The monoisotopic (exact) mass is 270 g/mol. The van der Waals surface area contributed by atoms with E-state index in [1.54, 1.807) is 23.5 Å². The smallest absolute Gasteiger partial charge is 0.0215 e. The second-order valence-corrected chi connectivity index (χ2v) is 3.97. The largest absolute Gasteiger partial charge is 0.183 e. The van der Waals surface area contributed by atoms with Crippen molar-refractivity contribution in [1.29, 1.82) is 0 Å². The van der Waals surface area contributed by atoms with E-state index in [4.69, 9.17) is 0 Å². The molecule has 0 N–H and O–H groups in total. The lowest BCUT2D eigenvalue weighted by atomic mass is 9.96. The van der Waals surface area contributed by atoms with Crippen molar-refractivity contribution in [3.8, 4) is 0 Å². The number of hydrogen-bond acceptors (Lipinski definition) is 1. The quantitative estimate of drug-likeness (QED) is 0.423. The van der Waals surface area contributed by atoms with Gasteiger partial charge < -0.3 is 0 Å². The lowest BCUT2D eigenvalue weighted by molar-refractivity contribution is 0.824. The van der Waals surface area contributed by atoms with Crippen LogP contribution in [0.25, 0.3) is 0 Å².